The second-order valence-corrected chi connectivity index (χ2v) is 4.26. The summed E-state index contributed by atoms with van der Waals surface area (Å²) in [6.07, 6.45) is 4.60. The lowest BCUT2D eigenvalue weighted by molar-refractivity contribution is 0.356. The molecular formula is C12H16ClNO. The predicted octanol–water partition coefficient (Wildman–Crippen LogP) is 2.38. The van der Waals surface area contributed by atoms with Crippen molar-refractivity contribution in [2.75, 3.05) is 6.61 Å². The predicted molar refractivity (Wildman–Crippen MR) is 62.8 cm³/mol. The first-order chi connectivity index (χ1) is 6.84. The molecule has 1 unspecified atom stereocenters. The molecule has 2 N–H and O–H groups in total. The Labute approximate surface area is 96.2 Å². The number of fused-ring (bicyclic) bond motifs is 2. The highest BCUT2D eigenvalue weighted by atomic mass is 35.5. The minimum absolute atomic E-state index is 0. The van der Waals surface area contributed by atoms with Crippen LogP contribution in [0.5, 0.6) is 5.75 Å². The summed E-state index contributed by atoms with van der Waals surface area (Å²) in [6.45, 7) is 0.841. The number of rotatable bonds is 0. The normalized spacial score (nSPS) is 22.3. The van der Waals surface area contributed by atoms with Crippen LogP contribution in [0.2, 0.25) is 0 Å². The van der Waals surface area contributed by atoms with E-state index in [4.69, 9.17) is 10.5 Å². The zero-order valence-electron chi connectivity index (χ0n) is 8.66. The van der Waals surface area contributed by atoms with E-state index in [0.29, 0.717) is 0 Å². The van der Waals surface area contributed by atoms with E-state index in [1.807, 2.05) is 0 Å². The molecule has 1 aromatic carbocycles. The first kappa shape index (κ1) is 10.8. The molecule has 0 radical (unpaired) electrons. The smallest absolute Gasteiger partial charge is 0.122 e. The highest BCUT2D eigenvalue weighted by molar-refractivity contribution is 5.85. The first-order valence-electron chi connectivity index (χ1n) is 5.38. The van der Waals surface area contributed by atoms with Gasteiger partial charge in [-0.15, -0.1) is 12.4 Å². The molecule has 3 rings (SSSR count). The lowest BCUT2D eigenvalue weighted by Crippen LogP contribution is -2.17. The van der Waals surface area contributed by atoms with E-state index < -0.39 is 0 Å². The van der Waals surface area contributed by atoms with E-state index in [-0.39, 0.29) is 18.4 Å². The van der Waals surface area contributed by atoms with Gasteiger partial charge in [-0.2, -0.15) is 0 Å². The van der Waals surface area contributed by atoms with Gasteiger partial charge in [0.05, 0.1) is 6.61 Å². The molecule has 2 nitrogen and oxygen atoms in total. The first-order valence-corrected chi connectivity index (χ1v) is 5.38. The van der Waals surface area contributed by atoms with Gasteiger partial charge in [-0.25, -0.2) is 0 Å². The van der Waals surface area contributed by atoms with Crippen LogP contribution in [0, 0.1) is 0 Å². The molecule has 2 aliphatic rings. The highest BCUT2D eigenvalue weighted by Gasteiger charge is 2.21. The van der Waals surface area contributed by atoms with Crippen molar-refractivity contribution < 1.29 is 4.74 Å². The molecule has 0 amide bonds. The van der Waals surface area contributed by atoms with Gasteiger partial charge in [-0.1, -0.05) is 6.07 Å². The molecule has 0 fully saturated rings. The molecule has 0 saturated carbocycles. The molecule has 1 aliphatic heterocycles. The van der Waals surface area contributed by atoms with Gasteiger partial charge in [0.1, 0.15) is 5.75 Å². The maximum atomic E-state index is 6.08. The van der Waals surface area contributed by atoms with Crippen LogP contribution >= 0.6 is 12.4 Å². The minimum Gasteiger partial charge on any atom is -0.493 e. The van der Waals surface area contributed by atoms with Gasteiger partial charge in [0.2, 0.25) is 0 Å². The van der Waals surface area contributed by atoms with E-state index in [1.165, 1.54) is 29.5 Å². The van der Waals surface area contributed by atoms with Gasteiger partial charge in [0.25, 0.3) is 0 Å². The van der Waals surface area contributed by atoms with Crippen molar-refractivity contribution in [1.29, 1.82) is 0 Å². The largest absolute Gasteiger partial charge is 0.493 e. The average molecular weight is 226 g/mol. The highest BCUT2D eigenvalue weighted by Crippen LogP contribution is 2.35. The van der Waals surface area contributed by atoms with Crippen molar-refractivity contribution in [1.82, 2.24) is 0 Å². The van der Waals surface area contributed by atoms with E-state index >= 15 is 0 Å². The Morgan fingerprint density at radius 1 is 1.20 bits per heavy atom. The van der Waals surface area contributed by atoms with Crippen LogP contribution in [-0.4, -0.2) is 6.61 Å². The summed E-state index contributed by atoms with van der Waals surface area (Å²) in [6, 6.07) is 4.70. The number of aryl methyl sites for hydroxylation is 1. The SMILES string of the molecule is Cl.NC1CCCc2cc3c(cc21)OCC3. The van der Waals surface area contributed by atoms with Crippen molar-refractivity contribution >= 4 is 12.4 Å². The van der Waals surface area contributed by atoms with Gasteiger partial charge in [0.15, 0.2) is 0 Å². The Morgan fingerprint density at radius 3 is 2.93 bits per heavy atom. The van der Waals surface area contributed by atoms with Crippen LogP contribution in [0.4, 0.5) is 0 Å². The number of benzene rings is 1. The second-order valence-electron chi connectivity index (χ2n) is 4.26. The van der Waals surface area contributed by atoms with Crippen LogP contribution in [0.3, 0.4) is 0 Å². The van der Waals surface area contributed by atoms with Crippen molar-refractivity contribution in [3.63, 3.8) is 0 Å². The maximum absolute atomic E-state index is 6.08. The van der Waals surface area contributed by atoms with Crippen molar-refractivity contribution in [2.45, 2.75) is 31.7 Å². The third-order valence-corrected chi connectivity index (χ3v) is 3.31. The maximum Gasteiger partial charge on any atom is 0.122 e. The zero-order chi connectivity index (χ0) is 9.54. The molecule has 3 heteroatoms. The summed E-state index contributed by atoms with van der Waals surface area (Å²) >= 11 is 0. The lowest BCUT2D eigenvalue weighted by Gasteiger charge is -2.22. The summed E-state index contributed by atoms with van der Waals surface area (Å²) in [4.78, 5) is 0. The Hall–Kier alpha value is -0.730. The molecular weight excluding hydrogens is 210 g/mol. The van der Waals surface area contributed by atoms with Crippen molar-refractivity contribution in [3.8, 4) is 5.75 Å². The summed E-state index contributed by atoms with van der Waals surface area (Å²) in [7, 11) is 0. The van der Waals surface area contributed by atoms with Crippen molar-refractivity contribution in [3.05, 3.63) is 28.8 Å². The average Bonchev–Trinajstić information content (AvgIpc) is 2.62. The Balaban J connectivity index is 0.000000853. The number of halogens is 1. The third kappa shape index (κ3) is 1.72. The van der Waals surface area contributed by atoms with Crippen LogP contribution in [0.15, 0.2) is 12.1 Å². The number of nitrogens with two attached hydrogens (primary N) is 1. The molecule has 0 spiro atoms. The molecule has 1 atom stereocenters. The molecule has 0 aromatic heterocycles. The fourth-order valence-corrected chi connectivity index (χ4v) is 2.52. The van der Waals surface area contributed by atoms with E-state index in [2.05, 4.69) is 12.1 Å². The lowest BCUT2D eigenvalue weighted by atomic mass is 9.87. The molecule has 1 aliphatic carbocycles. The summed E-state index contributed by atoms with van der Waals surface area (Å²) in [5.74, 6) is 1.07. The topological polar surface area (TPSA) is 35.2 Å². The standard InChI is InChI=1S/C12H15NO.ClH/c13-11-3-1-2-8-6-9-4-5-14-12(9)7-10(8)11;/h6-7,11H,1-5,13H2;1H. The summed E-state index contributed by atoms with van der Waals surface area (Å²) in [5, 5.41) is 0. The summed E-state index contributed by atoms with van der Waals surface area (Å²) < 4.78 is 5.56. The quantitative estimate of drug-likeness (QED) is 0.736. The molecule has 0 bridgehead atoms. The monoisotopic (exact) mass is 225 g/mol. The Bertz CT molecular complexity index is 378. The van der Waals surface area contributed by atoms with E-state index in [9.17, 15) is 0 Å². The van der Waals surface area contributed by atoms with Gasteiger partial charge < -0.3 is 10.5 Å². The summed E-state index contributed by atoms with van der Waals surface area (Å²) in [5.41, 5.74) is 10.2. The van der Waals surface area contributed by atoms with Gasteiger partial charge >= 0.3 is 0 Å². The molecule has 82 valence electrons. The Morgan fingerprint density at radius 2 is 2.07 bits per heavy atom. The van der Waals surface area contributed by atoms with Crippen LogP contribution in [-0.2, 0) is 12.8 Å². The van der Waals surface area contributed by atoms with E-state index in [0.717, 1.165) is 25.2 Å². The van der Waals surface area contributed by atoms with Crippen molar-refractivity contribution in [2.24, 2.45) is 5.73 Å². The molecule has 15 heavy (non-hydrogen) atoms. The minimum atomic E-state index is 0. The Kier molecular flexibility index (Phi) is 2.89. The van der Waals surface area contributed by atoms with Gasteiger partial charge in [-0.3, -0.25) is 0 Å². The van der Waals surface area contributed by atoms with Crippen LogP contribution < -0.4 is 10.5 Å². The number of hydrogen-bond acceptors (Lipinski definition) is 2. The van der Waals surface area contributed by atoms with Gasteiger partial charge in [-0.05, 0) is 42.0 Å². The second kappa shape index (κ2) is 4.03. The fourth-order valence-electron chi connectivity index (χ4n) is 2.52. The van der Waals surface area contributed by atoms with Crippen LogP contribution in [0.1, 0.15) is 35.6 Å². The molecule has 1 heterocycles. The number of ether oxygens (including phenoxy) is 1. The third-order valence-electron chi connectivity index (χ3n) is 3.31. The fraction of sp³-hybridized carbons (Fsp3) is 0.500. The van der Waals surface area contributed by atoms with Gasteiger partial charge in [0, 0.05) is 12.5 Å². The van der Waals surface area contributed by atoms with E-state index in [1.54, 1.807) is 0 Å². The van der Waals surface area contributed by atoms with Crippen LogP contribution in [0.25, 0.3) is 0 Å². The molecule has 0 saturated heterocycles. The zero-order valence-corrected chi connectivity index (χ0v) is 9.48. The number of hydrogen-bond donors (Lipinski definition) is 1. The molecule has 1 aromatic rings.